The third-order valence-electron chi connectivity index (χ3n) is 4.95. The van der Waals surface area contributed by atoms with Gasteiger partial charge in [0.15, 0.2) is 5.78 Å². The molecule has 1 amide bonds. The van der Waals surface area contributed by atoms with Crippen molar-refractivity contribution in [1.82, 2.24) is 4.98 Å². The third-order valence-corrected chi connectivity index (χ3v) is 4.95. The number of aromatic nitrogens is 1. The normalized spacial score (nSPS) is 21.4. The highest BCUT2D eigenvalue weighted by Crippen LogP contribution is 2.41. The van der Waals surface area contributed by atoms with Gasteiger partial charge >= 0.3 is 0 Å². The fraction of sp³-hybridized carbons (Fsp3) is 0.381. The first-order chi connectivity index (χ1) is 13.3. The number of hydrogen-bond donors (Lipinski definition) is 1. The molecule has 0 aliphatic carbocycles. The smallest absolute Gasteiger partial charge is 0.254 e. The van der Waals surface area contributed by atoms with E-state index in [0.717, 1.165) is 5.56 Å². The lowest BCUT2D eigenvalue weighted by Crippen LogP contribution is -2.32. The summed E-state index contributed by atoms with van der Waals surface area (Å²) in [5.41, 5.74) is 1.88. The van der Waals surface area contributed by atoms with Gasteiger partial charge < -0.3 is 14.8 Å². The molecule has 3 rings (SSSR count). The zero-order chi connectivity index (χ0) is 20.4. The largest absolute Gasteiger partial charge is 0.496 e. The molecule has 1 aliphatic rings. The van der Waals surface area contributed by atoms with E-state index < -0.39 is 6.10 Å². The topological polar surface area (TPSA) is 77.5 Å². The number of carbonyl (C=O) groups is 2. The van der Waals surface area contributed by atoms with Gasteiger partial charge in [-0.05, 0) is 38.5 Å². The lowest BCUT2D eigenvalue weighted by atomic mass is 9.88. The fourth-order valence-electron chi connectivity index (χ4n) is 3.58. The second-order valence-corrected chi connectivity index (χ2v) is 6.98. The Kier molecular flexibility index (Phi) is 5.74. The van der Waals surface area contributed by atoms with Crippen molar-refractivity contribution in [3.05, 3.63) is 53.1 Å². The molecule has 1 aliphatic heterocycles. The number of carbonyl (C=O) groups excluding carboxylic acids is 2. The van der Waals surface area contributed by atoms with Crippen LogP contribution in [-0.4, -0.2) is 36.0 Å². The molecule has 0 spiro atoms. The van der Waals surface area contributed by atoms with Crippen molar-refractivity contribution in [1.29, 1.82) is 0 Å². The van der Waals surface area contributed by atoms with Crippen molar-refractivity contribution < 1.29 is 23.5 Å². The van der Waals surface area contributed by atoms with E-state index in [1.54, 1.807) is 19.1 Å². The number of hydrogen-bond acceptors (Lipinski definition) is 5. The number of amides is 1. The van der Waals surface area contributed by atoms with Gasteiger partial charge in [-0.1, -0.05) is 6.07 Å². The van der Waals surface area contributed by atoms with Gasteiger partial charge in [0.25, 0.3) is 5.91 Å². The summed E-state index contributed by atoms with van der Waals surface area (Å²) in [6.45, 7) is 4.95. The van der Waals surface area contributed by atoms with E-state index in [0.29, 0.717) is 23.4 Å². The summed E-state index contributed by atoms with van der Waals surface area (Å²) in [6, 6.07) is 6.16. The Bertz CT molecular complexity index is 915. The van der Waals surface area contributed by atoms with Gasteiger partial charge in [0, 0.05) is 35.9 Å². The SMILES string of the molecule is COc1c([C@@H]2C[C@H](C)O[C@H]2C(=O)Nc2ccnc(C(C)=O)c2)ccc(F)c1C. The quantitative estimate of drug-likeness (QED) is 0.794. The van der Waals surface area contributed by atoms with Crippen molar-refractivity contribution in [2.45, 2.75) is 45.3 Å². The maximum Gasteiger partial charge on any atom is 0.254 e. The van der Waals surface area contributed by atoms with E-state index in [1.807, 2.05) is 6.92 Å². The van der Waals surface area contributed by atoms with Crippen LogP contribution in [0.1, 0.15) is 47.8 Å². The van der Waals surface area contributed by atoms with Gasteiger partial charge in [-0.2, -0.15) is 0 Å². The van der Waals surface area contributed by atoms with E-state index in [2.05, 4.69) is 10.3 Å². The van der Waals surface area contributed by atoms with Crippen LogP contribution in [0, 0.1) is 12.7 Å². The number of halogens is 1. The van der Waals surface area contributed by atoms with Crippen molar-refractivity contribution in [3.8, 4) is 5.75 Å². The molecule has 6 nitrogen and oxygen atoms in total. The molecule has 1 saturated heterocycles. The summed E-state index contributed by atoms with van der Waals surface area (Å²) in [5, 5.41) is 2.79. The lowest BCUT2D eigenvalue weighted by Gasteiger charge is -2.21. The average Bonchev–Trinajstić information content (AvgIpc) is 3.05. The zero-order valence-corrected chi connectivity index (χ0v) is 16.3. The predicted octanol–water partition coefficient (Wildman–Crippen LogP) is 3.64. The number of nitrogens with one attached hydrogen (secondary N) is 1. The number of benzene rings is 1. The average molecular weight is 386 g/mol. The Hall–Kier alpha value is -2.80. The summed E-state index contributed by atoms with van der Waals surface area (Å²) >= 11 is 0. The molecule has 1 aromatic carbocycles. The molecule has 28 heavy (non-hydrogen) atoms. The first-order valence-electron chi connectivity index (χ1n) is 9.08. The molecule has 1 fully saturated rings. The van der Waals surface area contributed by atoms with Crippen LogP contribution in [0.5, 0.6) is 5.75 Å². The molecular weight excluding hydrogens is 363 g/mol. The van der Waals surface area contributed by atoms with Crippen LogP contribution in [0.15, 0.2) is 30.5 Å². The molecule has 0 unspecified atom stereocenters. The minimum Gasteiger partial charge on any atom is -0.496 e. The number of Topliss-reactive ketones (excluding diaryl/α,β-unsaturated/α-hetero) is 1. The Balaban J connectivity index is 1.88. The van der Waals surface area contributed by atoms with Crippen LogP contribution < -0.4 is 10.1 Å². The second kappa shape index (κ2) is 8.06. The van der Waals surface area contributed by atoms with Gasteiger partial charge in [-0.15, -0.1) is 0 Å². The molecular formula is C21H23FN2O4. The van der Waals surface area contributed by atoms with Crippen LogP contribution in [0.2, 0.25) is 0 Å². The molecule has 1 aromatic heterocycles. The van der Waals surface area contributed by atoms with Crippen molar-refractivity contribution in [2.75, 3.05) is 12.4 Å². The van der Waals surface area contributed by atoms with Crippen LogP contribution in [0.3, 0.4) is 0 Å². The summed E-state index contributed by atoms with van der Waals surface area (Å²) in [4.78, 5) is 28.4. The molecule has 2 heterocycles. The Labute approximate surface area is 163 Å². The maximum atomic E-state index is 13.9. The second-order valence-electron chi connectivity index (χ2n) is 6.98. The van der Waals surface area contributed by atoms with Crippen LogP contribution in [0.4, 0.5) is 10.1 Å². The number of nitrogens with zero attached hydrogens (tertiary/aromatic N) is 1. The number of methoxy groups -OCH3 is 1. The molecule has 1 N–H and O–H groups in total. The highest BCUT2D eigenvalue weighted by molar-refractivity contribution is 5.97. The fourth-order valence-corrected chi connectivity index (χ4v) is 3.58. The van der Waals surface area contributed by atoms with Crippen molar-refractivity contribution in [2.24, 2.45) is 0 Å². The van der Waals surface area contributed by atoms with Gasteiger partial charge in [0.05, 0.1) is 13.2 Å². The standard InChI is InChI=1S/C21H23FN2O4/c1-11-9-16(15-5-6-17(22)12(2)19(15)27-4)20(28-11)21(26)24-14-7-8-23-18(10-14)13(3)25/h5-8,10-11,16,20H,9H2,1-4H3,(H,23,24,26)/t11-,16-,20+/m0/s1. The van der Waals surface area contributed by atoms with Gasteiger partial charge in [-0.25, -0.2) is 4.39 Å². The molecule has 7 heteroatoms. The van der Waals surface area contributed by atoms with Crippen LogP contribution in [-0.2, 0) is 9.53 Å². The monoisotopic (exact) mass is 386 g/mol. The number of rotatable bonds is 5. The van der Waals surface area contributed by atoms with Gasteiger partial charge in [0.1, 0.15) is 23.4 Å². The maximum absolute atomic E-state index is 13.9. The Morgan fingerprint density at radius 1 is 1.32 bits per heavy atom. The van der Waals surface area contributed by atoms with E-state index in [-0.39, 0.29) is 35.2 Å². The van der Waals surface area contributed by atoms with Gasteiger partial charge in [-0.3, -0.25) is 14.6 Å². The van der Waals surface area contributed by atoms with E-state index in [1.165, 1.54) is 32.4 Å². The van der Waals surface area contributed by atoms with Crippen LogP contribution in [0.25, 0.3) is 0 Å². The van der Waals surface area contributed by atoms with Crippen molar-refractivity contribution >= 4 is 17.4 Å². The summed E-state index contributed by atoms with van der Waals surface area (Å²) in [5.74, 6) is -0.728. The molecule has 0 radical (unpaired) electrons. The Morgan fingerprint density at radius 2 is 2.07 bits per heavy atom. The molecule has 148 valence electrons. The predicted molar refractivity (Wildman–Crippen MR) is 102 cm³/mol. The number of pyridine rings is 1. The first kappa shape index (κ1) is 19.9. The van der Waals surface area contributed by atoms with E-state index in [4.69, 9.17) is 9.47 Å². The van der Waals surface area contributed by atoms with E-state index in [9.17, 15) is 14.0 Å². The summed E-state index contributed by atoms with van der Waals surface area (Å²) in [7, 11) is 1.49. The number of anilines is 1. The Morgan fingerprint density at radius 3 is 2.75 bits per heavy atom. The highest BCUT2D eigenvalue weighted by Gasteiger charge is 2.40. The molecule has 3 atom stereocenters. The summed E-state index contributed by atoms with van der Waals surface area (Å²) in [6.07, 6.45) is 1.17. The number of ether oxygens (including phenoxy) is 2. The number of ketones is 1. The highest BCUT2D eigenvalue weighted by atomic mass is 19.1. The minimum absolute atomic E-state index is 0.138. The zero-order valence-electron chi connectivity index (χ0n) is 16.3. The van der Waals surface area contributed by atoms with E-state index >= 15 is 0 Å². The van der Waals surface area contributed by atoms with Crippen LogP contribution >= 0.6 is 0 Å². The molecule has 2 aromatic rings. The van der Waals surface area contributed by atoms with Crippen molar-refractivity contribution in [3.63, 3.8) is 0 Å². The minimum atomic E-state index is -0.761. The lowest BCUT2D eigenvalue weighted by molar-refractivity contribution is -0.126. The molecule has 0 bridgehead atoms. The third kappa shape index (κ3) is 3.89. The first-order valence-corrected chi connectivity index (χ1v) is 9.08. The van der Waals surface area contributed by atoms with Gasteiger partial charge in [0.2, 0.25) is 0 Å². The molecule has 0 saturated carbocycles. The summed E-state index contributed by atoms with van der Waals surface area (Å²) < 4.78 is 25.2.